The average Bonchev–Trinajstić information content (AvgIpc) is 2.24. The molecule has 92 valence electrons. The van der Waals surface area contributed by atoms with Gasteiger partial charge in [-0.15, -0.1) is 0 Å². The van der Waals surface area contributed by atoms with Gasteiger partial charge in [-0.2, -0.15) is 0 Å². The van der Waals surface area contributed by atoms with Gasteiger partial charge in [-0.3, -0.25) is 0 Å². The molecule has 0 aromatic rings. The smallest absolute Gasteiger partial charge is 0.180 e. The first-order chi connectivity index (χ1) is 7.35. The third-order valence-electron chi connectivity index (χ3n) is 1.63. The van der Waals surface area contributed by atoms with E-state index in [0.717, 1.165) is 0 Å². The summed E-state index contributed by atoms with van der Waals surface area (Å²) in [5.41, 5.74) is 0. The molecular formula is C10H22O5. The van der Waals surface area contributed by atoms with Crippen molar-refractivity contribution in [3.8, 4) is 0 Å². The fourth-order valence-electron chi connectivity index (χ4n) is 0.915. The fraction of sp³-hybridized carbons (Fsp3) is 1.00. The third kappa shape index (κ3) is 10.1. The van der Waals surface area contributed by atoms with Crippen LogP contribution in [0.3, 0.4) is 0 Å². The van der Waals surface area contributed by atoms with Crippen LogP contribution in [0.4, 0.5) is 0 Å². The van der Waals surface area contributed by atoms with Gasteiger partial charge in [-0.05, 0) is 6.92 Å². The van der Waals surface area contributed by atoms with Crippen molar-refractivity contribution in [1.29, 1.82) is 0 Å². The zero-order valence-corrected chi connectivity index (χ0v) is 9.86. The summed E-state index contributed by atoms with van der Waals surface area (Å²) in [6, 6.07) is 0. The van der Waals surface area contributed by atoms with Gasteiger partial charge in [0.1, 0.15) is 0 Å². The standard InChI is InChI=1S/C10H22O5/c1-4-14-10(15-8-6-12-3)9-13-7-5-11-2/h10H,4-9H2,1-3H3. The summed E-state index contributed by atoms with van der Waals surface area (Å²) in [5, 5.41) is 0. The van der Waals surface area contributed by atoms with Gasteiger partial charge in [0.05, 0.1) is 33.0 Å². The second kappa shape index (κ2) is 11.9. The van der Waals surface area contributed by atoms with E-state index in [4.69, 9.17) is 23.7 Å². The minimum absolute atomic E-state index is 0.318. The van der Waals surface area contributed by atoms with E-state index in [2.05, 4.69) is 0 Å². The minimum atomic E-state index is -0.318. The Bertz CT molecular complexity index is 120. The SMILES string of the molecule is CCOC(COCCOC)OCCOC. The Labute approximate surface area is 91.6 Å². The van der Waals surface area contributed by atoms with Crippen molar-refractivity contribution in [2.75, 3.05) is 53.9 Å². The highest BCUT2D eigenvalue weighted by Crippen LogP contribution is 1.96. The van der Waals surface area contributed by atoms with Crippen molar-refractivity contribution in [3.05, 3.63) is 0 Å². The number of rotatable bonds is 11. The molecule has 0 aliphatic rings. The molecule has 0 radical (unpaired) electrons. The molecule has 0 aliphatic heterocycles. The first-order valence-corrected chi connectivity index (χ1v) is 5.14. The van der Waals surface area contributed by atoms with Crippen molar-refractivity contribution >= 4 is 0 Å². The molecule has 0 saturated carbocycles. The molecule has 0 saturated heterocycles. The second-order valence-corrected chi connectivity index (χ2v) is 2.82. The van der Waals surface area contributed by atoms with E-state index >= 15 is 0 Å². The van der Waals surface area contributed by atoms with Gasteiger partial charge in [-0.25, -0.2) is 0 Å². The third-order valence-corrected chi connectivity index (χ3v) is 1.63. The van der Waals surface area contributed by atoms with Crippen molar-refractivity contribution < 1.29 is 23.7 Å². The molecule has 1 atom stereocenters. The molecule has 0 bridgehead atoms. The predicted molar refractivity (Wildman–Crippen MR) is 55.9 cm³/mol. The molecule has 0 aliphatic carbocycles. The van der Waals surface area contributed by atoms with Crippen LogP contribution in [0.2, 0.25) is 0 Å². The fourth-order valence-corrected chi connectivity index (χ4v) is 0.915. The molecule has 0 spiro atoms. The molecule has 5 nitrogen and oxygen atoms in total. The average molecular weight is 222 g/mol. The summed E-state index contributed by atoms with van der Waals surface area (Å²) in [5.74, 6) is 0. The second-order valence-electron chi connectivity index (χ2n) is 2.82. The molecule has 0 aromatic carbocycles. The Balaban J connectivity index is 3.44. The van der Waals surface area contributed by atoms with Gasteiger partial charge in [0.15, 0.2) is 6.29 Å². The normalized spacial score (nSPS) is 13.0. The lowest BCUT2D eigenvalue weighted by atomic mass is 10.6. The predicted octanol–water partition coefficient (Wildman–Crippen LogP) is 0.675. The van der Waals surface area contributed by atoms with E-state index in [1.54, 1.807) is 14.2 Å². The first-order valence-electron chi connectivity index (χ1n) is 5.14. The van der Waals surface area contributed by atoms with Crippen LogP contribution in [-0.2, 0) is 23.7 Å². The molecule has 0 rings (SSSR count). The lowest BCUT2D eigenvalue weighted by Gasteiger charge is -2.17. The van der Waals surface area contributed by atoms with Gasteiger partial charge in [0.25, 0.3) is 0 Å². The summed E-state index contributed by atoms with van der Waals surface area (Å²) in [7, 11) is 3.27. The molecule has 1 unspecified atom stereocenters. The van der Waals surface area contributed by atoms with Crippen molar-refractivity contribution in [3.63, 3.8) is 0 Å². The van der Waals surface area contributed by atoms with Gasteiger partial charge in [0.2, 0.25) is 0 Å². The Morgan fingerprint density at radius 3 is 2.13 bits per heavy atom. The van der Waals surface area contributed by atoms with Crippen LogP contribution < -0.4 is 0 Å². The van der Waals surface area contributed by atoms with Crippen LogP contribution in [-0.4, -0.2) is 60.2 Å². The topological polar surface area (TPSA) is 46.2 Å². The lowest BCUT2D eigenvalue weighted by Crippen LogP contribution is -2.26. The van der Waals surface area contributed by atoms with Crippen molar-refractivity contribution in [2.45, 2.75) is 13.2 Å². The zero-order valence-electron chi connectivity index (χ0n) is 9.86. The van der Waals surface area contributed by atoms with E-state index < -0.39 is 0 Å². The number of hydrogen-bond acceptors (Lipinski definition) is 5. The van der Waals surface area contributed by atoms with Crippen LogP contribution in [0, 0.1) is 0 Å². The summed E-state index contributed by atoms with van der Waals surface area (Å²) in [4.78, 5) is 0. The lowest BCUT2D eigenvalue weighted by molar-refractivity contribution is -0.176. The number of ether oxygens (including phenoxy) is 5. The summed E-state index contributed by atoms with van der Waals surface area (Å²) in [6.07, 6.45) is -0.318. The Kier molecular flexibility index (Phi) is 11.7. The van der Waals surface area contributed by atoms with Crippen LogP contribution in [0.5, 0.6) is 0 Å². The Hall–Kier alpha value is -0.200. The Morgan fingerprint density at radius 2 is 1.53 bits per heavy atom. The number of hydrogen-bond donors (Lipinski definition) is 0. The van der Waals surface area contributed by atoms with E-state index in [-0.39, 0.29) is 6.29 Å². The van der Waals surface area contributed by atoms with E-state index in [1.807, 2.05) is 6.92 Å². The molecule has 5 heteroatoms. The van der Waals surface area contributed by atoms with Crippen LogP contribution in [0.25, 0.3) is 0 Å². The molecule has 0 N–H and O–H groups in total. The largest absolute Gasteiger partial charge is 0.382 e. The highest BCUT2D eigenvalue weighted by molar-refractivity contribution is 4.42. The van der Waals surface area contributed by atoms with E-state index in [1.165, 1.54) is 0 Å². The highest BCUT2D eigenvalue weighted by atomic mass is 16.7. The first kappa shape index (κ1) is 14.8. The maximum atomic E-state index is 5.39. The summed E-state index contributed by atoms with van der Waals surface area (Å²) >= 11 is 0. The maximum Gasteiger partial charge on any atom is 0.180 e. The molecule has 0 heterocycles. The highest BCUT2D eigenvalue weighted by Gasteiger charge is 2.08. The zero-order chi connectivity index (χ0) is 11.4. The maximum absolute atomic E-state index is 5.39. The van der Waals surface area contributed by atoms with Crippen LogP contribution in [0.1, 0.15) is 6.92 Å². The van der Waals surface area contributed by atoms with Gasteiger partial charge in [-0.1, -0.05) is 0 Å². The van der Waals surface area contributed by atoms with Gasteiger partial charge >= 0.3 is 0 Å². The van der Waals surface area contributed by atoms with Crippen molar-refractivity contribution in [1.82, 2.24) is 0 Å². The quantitative estimate of drug-likeness (QED) is 0.380. The Morgan fingerprint density at radius 1 is 0.867 bits per heavy atom. The monoisotopic (exact) mass is 222 g/mol. The van der Waals surface area contributed by atoms with E-state index in [0.29, 0.717) is 39.6 Å². The van der Waals surface area contributed by atoms with Crippen molar-refractivity contribution in [2.24, 2.45) is 0 Å². The van der Waals surface area contributed by atoms with Crippen LogP contribution in [0.15, 0.2) is 0 Å². The molecule has 0 aromatic heterocycles. The minimum Gasteiger partial charge on any atom is -0.382 e. The van der Waals surface area contributed by atoms with E-state index in [9.17, 15) is 0 Å². The molecule has 0 amide bonds. The molecule has 0 fully saturated rings. The number of methoxy groups -OCH3 is 2. The molecular weight excluding hydrogens is 200 g/mol. The molecule has 15 heavy (non-hydrogen) atoms. The van der Waals surface area contributed by atoms with Crippen LogP contribution >= 0.6 is 0 Å². The summed E-state index contributed by atoms with van der Waals surface area (Å²) in [6.45, 7) is 5.13. The summed E-state index contributed by atoms with van der Waals surface area (Å²) < 4.78 is 25.7. The van der Waals surface area contributed by atoms with Gasteiger partial charge < -0.3 is 23.7 Å². The van der Waals surface area contributed by atoms with Gasteiger partial charge in [0, 0.05) is 20.8 Å².